The molecule has 0 saturated carbocycles. The second kappa shape index (κ2) is 6.34. The number of thiophene rings is 1. The molecule has 0 amide bonds. The first-order valence-corrected chi connectivity index (χ1v) is 9.12. The maximum absolute atomic E-state index is 13.1. The third-order valence-electron chi connectivity index (χ3n) is 4.33. The molecule has 0 fully saturated rings. The highest BCUT2D eigenvalue weighted by atomic mass is 32.1. The normalized spacial score (nSPS) is 14.0. The number of H-pyrrole nitrogens is 1. The standard InChI is InChI=1S/C17H14F2N2O2S2/c18-16(19)23-10-7-5-9(6-8-10)21-15(22)13-11-3-1-2-4-12(11)25-14(13)20-17(21)24/h5-8,16H,1-4H2,(H,20,24). The summed E-state index contributed by atoms with van der Waals surface area (Å²) in [5.74, 6) is 0.0377. The average Bonchev–Trinajstić information content (AvgIpc) is 2.94. The van der Waals surface area contributed by atoms with Crippen LogP contribution in [-0.4, -0.2) is 16.2 Å². The van der Waals surface area contributed by atoms with Gasteiger partial charge in [-0.15, -0.1) is 11.3 Å². The monoisotopic (exact) mass is 380 g/mol. The molecule has 3 aromatic rings. The van der Waals surface area contributed by atoms with E-state index in [2.05, 4.69) is 9.72 Å². The Kier molecular flexibility index (Phi) is 4.16. The average molecular weight is 380 g/mol. The number of benzene rings is 1. The molecule has 2 aromatic heterocycles. The van der Waals surface area contributed by atoms with Crippen LogP contribution in [0.2, 0.25) is 0 Å². The molecule has 0 spiro atoms. The van der Waals surface area contributed by atoms with Crippen molar-refractivity contribution < 1.29 is 13.5 Å². The molecule has 0 radical (unpaired) electrons. The summed E-state index contributed by atoms with van der Waals surface area (Å²) in [5.41, 5.74) is 1.47. The van der Waals surface area contributed by atoms with E-state index < -0.39 is 6.61 Å². The fraction of sp³-hybridized carbons (Fsp3) is 0.294. The van der Waals surface area contributed by atoms with Gasteiger partial charge < -0.3 is 9.72 Å². The van der Waals surface area contributed by atoms with Crippen LogP contribution >= 0.6 is 23.6 Å². The Morgan fingerprint density at radius 1 is 1.20 bits per heavy atom. The summed E-state index contributed by atoms with van der Waals surface area (Å²) < 4.78 is 30.6. The van der Waals surface area contributed by atoms with Crippen molar-refractivity contribution in [2.24, 2.45) is 0 Å². The zero-order chi connectivity index (χ0) is 17.6. The lowest BCUT2D eigenvalue weighted by molar-refractivity contribution is -0.0498. The Hall–Kier alpha value is -2.06. The minimum absolute atomic E-state index is 0.0377. The van der Waals surface area contributed by atoms with Crippen LogP contribution in [0, 0.1) is 4.77 Å². The van der Waals surface area contributed by atoms with Crippen LogP contribution in [0.4, 0.5) is 8.78 Å². The zero-order valence-electron chi connectivity index (χ0n) is 13.1. The predicted molar refractivity (Wildman–Crippen MR) is 95.9 cm³/mol. The number of hydrogen-bond donors (Lipinski definition) is 1. The third kappa shape index (κ3) is 2.89. The lowest BCUT2D eigenvalue weighted by Gasteiger charge is -2.11. The first-order valence-electron chi connectivity index (χ1n) is 7.89. The van der Waals surface area contributed by atoms with Crippen LogP contribution in [0.25, 0.3) is 15.9 Å². The van der Waals surface area contributed by atoms with Gasteiger partial charge in [0.15, 0.2) is 4.77 Å². The van der Waals surface area contributed by atoms with E-state index >= 15 is 0 Å². The summed E-state index contributed by atoms with van der Waals surface area (Å²) in [6.07, 6.45) is 4.11. The highest BCUT2D eigenvalue weighted by molar-refractivity contribution is 7.71. The Morgan fingerprint density at radius 2 is 1.92 bits per heavy atom. The van der Waals surface area contributed by atoms with E-state index in [1.807, 2.05) is 0 Å². The van der Waals surface area contributed by atoms with Crippen molar-refractivity contribution in [1.82, 2.24) is 9.55 Å². The number of aromatic nitrogens is 2. The fourth-order valence-corrected chi connectivity index (χ4v) is 4.88. The molecular formula is C17H14F2N2O2S2. The van der Waals surface area contributed by atoms with Crippen LogP contribution in [0.5, 0.6) is 5.75 Å². The fourth-order valence-electron chi connectivity index (χ4n) is 3.25. The van der Waals surface area contributed by atoms with Crippen LogP contribution in [0.1, 0.15) is 23.3 Å². The number of halogens is 2. The molecule has 8 heteroatoms. The smallest absolute Gasteiger partial charge is 0.387 e. The number of hydrogen-bond acceptors (Lipinski definition) is 4. The van der Waals surface area contributed by atoms with E-state index in [-0.39, 0.29) is 11.3 Å². The van der Waals surface area contributed by atoms with Gasteiger partial charge in [-0.1, -0.05) is 0 Å². The Morgan fingerprint density at radius 3 is 2.64 bits per heavy atom. The number of nitrogens with zero attached hydrogens (tertiary/aromatic N) is 1. The number of rotatable bonds is 3. The number of alkyl halides is 2. The molecule has 4 nitrogen and oxygen atoms in total. The van der Waals surface area contributed by atoms with Gasteiger partial charge >= 0.3 is 6.61 Å². The molecule has 0 aliphatic heterocycles. The quantitative estimate of drug-likeness (QED) is 0.676. The van der Waals surface area contributed by atoms with E-state index in [1.54, 1.807) is 23.5 Å². The molecule has 4 rings (SSSR count). The summed E-state index contributed by atoms with van der Waals surface area (Å²) >= 11 is 6.96. The predicted octanol–water partition coefficient (Wildman–Crippen LogP) is 4.59. The van der Waals surface area contributed by atoms with Gasteiger partial charge in [0.2, 0.25) is 0 Å². The van der Waals surface area contributed by atoms with Crippen LogP contribution in [0.15, 0.2) is 29.1 Å². The van der Waals surface area contributed by atoms with E-state index in [9.17, 15) is 13.6 Å². The minimum atomic E-state index is -2.88. The largest absolute Gasteiger partial charge is 0.435 e. The lowest BCUT2D eigenvalue weighted by Crippen LogP contribution is -2.21. The Labute approximate surface area is 150 Å². The van der Waals surface area contributed by atoms with Gasteiger partial charge in [-0.2, -0.15) is 8.78 Å². The molecule has 1 N–H and O–H groups in total. The van der Waals surface area contributed by atoms with Crippen molar-refractivity contribution in [2.45, 2.75) is 32.3 Å². The Balaban J connectivity index is 1.87. The number of aromatic amines is 1. The molecule has 130 valence electrons. The first kappa shape index (κ1) is 16.4. The molecule has 1 aliphatic carbocycles. The molecule has 0 unspecified atom stereocenters. The molecule has 2 heterocycles. The molecule has 1 aromatic carbocycles. The molecule has 0 saturated heterocycles. The number of fused-ring (bicyclic) bond motifs is 3. The van der Waals surface area contributed by atoms with E-state index in [0.717, 1.165) is 36.1 Å². The van der Waals surface area contributed by atoms with E-state index in [4.69, 9.17) is 12.2 Å². The van der Waals surface area contributed by atoms with Gasteiger partial charge in [0, 0.05) is 4.88 Å². The highest BCUT2D eigenvalue weighted by Gasteiger charge is 2.20. The van der Waals surface area contributed by atoms with Crippen molar-refractivity contribution in [2.75, 3.05) is 0 Å². The van der Waals surface area contributed by atoms with Gasteiger partial charge in [-0.3, -0.25) is 9.36 Å². The summed E-state index contributed by atoms with van der Waals surface area (Å²) in [7, 11) is 0. The van der Waals surface area contributed by atoms with Gasteiger partial charge in [0.25, 0.3) is 5.56 Å². The second-order valence-electron chi connectivity index (χ2n) is 5.86. The van der Waals surface area contributed by atoms with Gasteiger partial charge in [-0.05, 0) is 67.7 Å². The zero-order valence-corrected chi connectivity index (χ0v) is 14.7. The Bertz CT molecular complexity index is 1050. The molecule has 0 atom stereocenters. The third-order valence-corrected chi connectivity index (χ3v) is 5.82. The van der Waals surface area contributed by atoms with Gasteiger partial charge in [0.1, 0.15) is 10.6 Å². The number of ether oxygens (including phenoxy) is 1. The van der Waals surface area contributed by atoms with Crippen molar-refractivity contribution in [1.29, 1.82) is 0 Å². The van der Waals surface area contributed by atoms with Crippen molar-refractivity contribution in [3.8, 4) is 11.4 Å². The van der Waals surface area contributed by atoms with Gasteiger partial charge in [0.05, 0.1) is 11.1 Å². The van der Waals surface area contributed by atoms with E-state index in [1.165, 1.54) is 21.6 Å². The lowest BCUT2D eigenvalue weighted by atomic mass is 9.97. The minimum Gasteiger partial charge on any atom is -0.435 e. The first-order chi connectivity index (χ1) is 12.0. The topological polar surface area (TPSA) is 47.0 Å². The number of nitrogens with one attached hydrogen (secondary N) is 1. The van der Waals surface area contributed by atoms with Crippen molar-refractivity contribution >= 4 is 33.8 Å². The van der Waals surface area contributed by atoms with E-state index in [0.29, 0.717) is 15.8 Å². The molecule has 0 bridgehead atoms. The SMILES string of the molecule is O=c1c2c3c(sc2[nH]c(=S)n1-c1ccc(OC(F)F)cc1)CCCC3. The molecule has 25 heavy (non-hydrogen) atoms. The van der Waals surface area contributed by atoms with Crippen molar-refractivity contribution in [3.63, 3.8) is 0 Å². The van der Waals surface area contributed by atoms with Crippen LogP contribution in [-0.2, 0) is 12.8 Å². The van der Waals surface area contributed by atoms with Crippen LogP contribution < -0.4 is 10.3 Å². The maximum atomic E-state index is 13.1. The summed E-state index contributed by atoms with van der Waals surface area (Å²) in [4.78, 5) is 18.3. The summed E-state index contributed by atoms with van der Waals surface area (Å²) in [6, 6.07) is 5.90. The highest BCUT2D eigenvalue weighted by Crippen LogP contribution is 2.33. The second-order valence-corrected chi connectivity index (χ2v) is 7.35. The summed E-state index contributed by atoms with van der Waals surface area (Å²) in [5, 5.41) is 0.696. The summed E-state index contributed by atoms with van der Waals surface area (Å²) in [6.45, 7) is -2.88. The van der Waals surface area contributed by atoms with Gasteiger partial charge in [-0.25, -0.2) is 0 Å². The van der Waals surface area contributed by atoms with Crippen LogP contribution in [0.3, 0.4) is 0 Å². The van der Waals surface area contributed by atoms with Crippen molar-refractivity contribution in [3.05, 3.63) is 49.8 Å². The maximum Gasteiger partial charge on any atom is 0.387 e. The molecular weight excluding hydrogens is 366 g/mol. The molecule has 1 aliphatic rings. The number of aryl methyl sites for hydroxylation is 2.